The molecule has 1 heterocycles. The van der Waals surface area contributed by atoms with Crippen molar-refractivity contribution in [2.24, 2.45) is 40.4 Å². The molecule has 4 heteroatoms. The maximum Gasteiger partial charge on any atom is 0.167 e. The van der Waals surface area contributed by atoms with Gasteiger partial charge in [-0.3, -0.25) is 4.79 Å². The van der Waals surface area contributed by atoms with E-state index in [9.17, 15) is 15.0 Å². The van der Waals surface area contributed by atoms with Gasteiger partial charge in [0.05, 0.1) is 11.5 Å². The maximum absolute atomic E-state index is 14.0. The van der Waals surface area contributed by atoms with Crippen LogP contribution < -0.4 is 0 Å². The molecular formula is C28H44O4. The molecule has 0 radical (unpaired) electrons. The minimum absolute atomic E-state index is 0.0446. The lowest BCUT2D eigenvalue weighted by Gasteiger charge is -2.46. The number of carbonyl (C=O) groups is 1. The summed E-state index contributed by atoms with van der Waals surface area (Å²) >= 11 is 0. The van der Waals surface area contributed by atoms with Gasteiger partial charge < -0.3 is 14.9 Å². The van der Waals surface area contributed by atoms with E-state index in [2.05, 4.69) is 59.8 Å². The van der Waals surface area contributed by atoms with Crippen molar-refractivity contribution >= 4 is 5.78 Å². The van der Waals surface area contributed by atoms with Gasteiger partial charge in [0.25, 0.3) is 0 Å². The van der Waals surface area contributed by atoms with Crippen LogP contribution in [0.5, 0.6) is 0 Å². The Balaban J connectivity index is 1.61. The minimum atomic E-state index is -0.530. The van der Waals surface area contributed by atoms with Crippen LogP contribution in [0.2, 0.25) is 0 Å². The number of carbonyl (C=O) groups excluding carboxylic acids is 1. The Morgan fingerprint density at radius 1 is 1.16 bits per heavy atom. The molecule has 2 saturated carbocycles. The third-order valence-corrected chi connectivity index (χ3v) is 10.1. The molecule has 3 aliphatic carbocycles. The summed E-state index contributed by atoms with van der Waals surface area (Å²) in [5.41, 5.74) is -0.176. The third-order valence-electron chi connectivity index (χ3n) is 10.1. The molecule has 4 unspecified atom stereocenters. The van der Waals surface area contributed by atoms with Crippen molar-refractivity contribution in [3.8, 4) is 0 Å². The Morgan fingerprint density at radius 3 is 2.53 bits per heavy atom. The number of Topliss-reactive ketones (excluding diaryl/α,β-unsaturated/α-hetero) is 1. The van der Waals surface area contributed by atoms with Crippen LogP contribution in [0, 0.1) is 40.4 Å². The molecule has 4 rings (SSSR count). The first kappa shape index (κ1) is 24.2. The van der Waals surface area contributed by atoms with Crippen LogP contribution in [0.4, 0.5) is 0 Å². The maximum atomic E-state index is 14.0. The zero-order valence-electron chi connectivity index (χ0n) is 20.9. The standard InChI is InChI=1S/C28H44O4/c1-17(2)18(3)7-8-19(4)22-9-10-23(26(22,5)13-14-29)21-15-24-28(32-24)16-20(30)11-12-27(28,6)25(21)31/h7-8,15,17-20,22-24,29-30H,9-14,16H2,1-6H3/b8-7+/t18?,19?,20-,22?,23?,24-,26+,27+,28-/m0/s1. The summed E-state index contributed by atoms with van der Waals surface area (Å²) in [6.45, 7) is 13.6. The van der Waals surface area contributed by atoms with Crippen molar-refractivity contribution in [3.63, 3.8) is 0 Å². The Kier molecular flexibility index (Phi) is 6.31. The predicted octanol–water partition coefficient (Wildman–Crippen LogP) is 5.08. The van der Waals surface area contributed by atoms with Gasteiger partial charge in [-0.1, -0.05) is 46.8 Å². The topological polar surface area (TPSA) is 70.1 Å². The van der Waals surface area contributed by atoms with Crippen LogP contribution in [-0.2, 0) is 9.53 Å². The van der Waals surface area contributed by atoms with Gasteiger partial charge in [-0.15, -0.1) is 0 Å². The molecule has 4 nitrogen and oxygen atoms in total. The lowest BCUT2D eigenvalue weighted by molar-refractivity contribution is -0.134. The van der Waals surface area contributed by atoms with E-state index in [0.29, 0.717) is 42.9 Å². The zero-order chi connectivity index (χ0) is 23.5. The highest BCUT2D eigenvalue weighted by Gasteiger charge is 2.73. The first-order valence-electron chi connectivity index (χ1n) is 12.9. The molecule has 9 atom stereocenters. The summed E-state index contributed by atoms with van der Waals surface area (Å²) in [5.74, 6) is 2.42. The second kappa shape index (κ2) is 8.36. The fourth-order valence-electron chi connectivity index (χ4n) is 7.40. The van der Waals surface area contributed by atoms with Gasteiger partial charge in [0.2, 0.25) is 0 Å². The molecule has 0 amide bonds. The second-order valence-electron chi connectivity index (χ2n) is 12.2. The Bertz CT molecular complexity index is 799. The fourth-order valence-corrected chi connectivity index (χ4v) is 7.40. The average Bonchev–Trinajstić information content (AvgIpc) is 3.33. The van der Waals surface area contributed by atoms with Crippen LogP contribution in [0.15, 0.2) is 23.8 Å². The van der Waals surface area contributed by atoms with E-state index in [4.69, 9.17) is 4.74 Å². The first-order valence-corrected chi connectivity index (χ1v) is 12.9. The predicted molar refractivity (Wildman–Crippen MR) is 127 cm³/mol. The third kappa shape index (κ3) is 3.56. The van der Waals surface area contributed by atoms with E-state index in [1.54, 1.807) is 0 Å². The van der Waals surface area contributed by atoms with Gasteiger partial charge in [0.15, 0.2) is 5.78 Å². The van der Waals surface area contributed by atoms with Crippen molar-refractivity contribution < 1.29 is 19.7 Å². The molecule has 180 valence electrons. The van der Waals surface area contributed by atoms with Crippen molar-refractivity contribution in [2.45, 2.75) is 97.9 Å². The summed E-state index contributed by atoms with van der Waals surface area (Å²) in [6, 6.07) is 0. The Hall–Kier alpha value is -0.970. The highest BCUT2D eigenvalue weighted by molar-refractivity contribution is 6.03. The van der Waals surface area contributed by atoms with E-state index in [-0.39, 0.29) is 35.9 Å². The fraction of sp³-hybridized carbons (Fsp3) is 0.821. The molecule has 4 aliphatic rings. The highest BCUT2D eigenvalue weighted by atomic mass is 16.6. The SMILES string of the molecule is CC(C)C(C)/C=C/C(C)C1CCC(C2=C[C@@H]3O[C@@]34C[C@@H](O)CC[C@]4(C)C2=O)[C@]1(C)CCO. The van der Waals surface area contributed by atoms with E-state index in [0.717, 1.165) is 24.8 Å². The number of ketones is 1. The molecule has 3 fully saturated rings. The molecule has 32 heavy (non-hydrogen) atoms. The molecule has 1 spiro atoms. The van der Waals surface area contributed by atoms with Gasteiger partial charge in [-0.25, -0.2) is 0 Å². The van der Waals surface area contributed by atoms with Crippen LogP contribution in [0.3, 0.4) is 0 Å². The summed E-state index contributed by atoms with van der Waals surface area (Å²) in [6.07, 6.45) is 11.2. The van der Waals surface area contributed by atoms with Gasteiger partial charge in [0, 0.05) is 13.0 Å². The lowest BCUT2D eigenvalue weighted by atomic mass is 9.55. The largest absolute Gasteiger partial charge is 0.396 e. The van der Waals surface area contributed by atoms with Gasteiger partial charge in [-0.05, 0) is 85.7 Å². The lowest BCUT2D eigenvalue weighted by Crippen LogP contribution is -2.53. The smallest absolute Gasteiger partial charge is 0.167 e. The Morgan fingerprint density at radius 2 is 1.88 bits per heavy atom. The van der Waals surface area contributed by atoms with Gasteiger partial charge in [-0.2, -0.15) is 0 Å². The number of hydrogen-bond acceptors (Lipinski definition) is 4. The van der Waals surface area contributed by atoms with E-state index < -0.39 is 11.0 Å². The van der Waals surface area contributed by atoms with E-state index in [1.807, 2.05) is 0 Å². The molecule has 0 aromatic rings. The summed E-state index contributed by atoms with van der Waals surface area (Å²) < 4.78 is 6.17. The minimum Gasteiger partial charge on any atom is -0.396 e. The highest BCUT2D eigenvalue weighted by Crippen LogP contribution is 2.65. The monoisotopic (exact) mass is 444 g/mol. The number of allylic oxidation sites excluding steroid dienone is 3. The number of aliphatic hydroxyl groups excluding tert-OH is 2. The van der Waals surface area contributed by atoms with Crippen LogP contribution in [0.1, 0.15) is 80.1 Å². The Labute approximate surface area is 194 Å². The normalized spacial score (nSPS) is 45.5. The molecule has 0 aromatic carbocycles. The van der Waals surface area contributed by atoms with Gasteiger partial charge >= 0.3 is 0 Å². The quantitative estimate of drug-likeness (QED) is 0.424. The number of ether oxygens (including phenoxy) is 1. The molecule has 2 N–H and O–H groups in total. The molecule has 0 aromatic heterocycles. The molecule has 1 aliphatic heterocycles. The average molecular weight is 445 g/mol. The van der Waals surface area contributed by atoms with E-state index in [1.165, 1.54) is 0 Å². The van der Waals surface area contributed by atoms with Crippen molar-refractivity contribution in [2.75, 3.05) is 6.61 Å². The summed E-state index contributed by atoms with van der Waals surface area (Å²) in [5, 5.41) is 20.3. The van der Waals surface area contributed by atoms with Crippen LogP contribution in [0.25, 0.3) is 0 Å². The van der Waals surface area contributed by atoms with Crippen molar-refractivity contribution in [3.05, 3.63) is 23.8 Å². The number of epoxide rings is 1. The molecule has 0 bridgehead atoms. The molecular weight excluding hydrogens is 400 g/mol. The summed E-state index contributed by atoms with van der Waals surface area (Å²) in [4.78, 5) is 14.0. The number of rotatable bonds is 7. The van der Waals surface area contributed by atoms with Gasteiger partial charge in [0.1, 0.15) is 11.7 Å². The second-order valence-corrected chi connectivity index (χ2v) is 12.2. The van der Waals surface area contributed by atoms with Crippen LogP contribution in [-0.4, -0.2) is 40.4 Å². The van der Waals surface area contributed by atoms with Crippen molar-refractivity contribution in [1.82, 2.24) is 0 Å². The number of aliphatic hydroxyl groups is 2. The van der Waals surface area contributed by atoms with Crippen LogP contribution >= 0.6 is 0 Å². The summed E-state index contributed by atoms with van der Waals surface area (Å²) in [7, 11) is 0. The van der Waals surface area contributed by atoms with E-state index >= 15 is 0 Å². The number of hydrogen-bond donors (Lipinski definition) is 2. The zero-order valence-corrected chi connectivity index (χ0v) is 20.9. The first-order chi connectivity index (χ1) is 15.0. The van der Waals surface area contributed by atoms with Crippen molar-refractivity contribution in [1.29, 1.82) is 0 Å². The molecule has 1 saturated heterocycles.